The molecule has 0 atom stereocenters. The number of carbonyl (C=O) groups is 1. The molecule has 1 aromatic rings. The molecule has 3 nitrogen and oxygen atoms in total. The summed E-state index contributed by atoms with van der Waals surface area (Å²) >= 11 is 1.71. The van der Waals surface area contributed by atoms with Crippen LogP contribution in [0.15, 0.2) is 29.2 Å². The summed E-state index contributed by atoms with van der Waals surface area (Å²) in [5.41, 5.74) is 1.02. The highest BCUT2D eigenvalue weighted by atomic mass is 32.2. The van der Waals surface area contributed by atoms with E-state index in [0.717, 1.165) is 31.6 Å². The number of benzene rings is 1. The Bertz CT molecular complexity index is 414. The van der Waals surface area contributed by atoms with Crippen molar-refractivity contribution in [1.82, 2.24) is 4.90 Å². The van der Waals surface area contributed by atoms with Gasteiger partial charge < -0.3 is 10.2 Å². The Morgan fingerprint density at radius 3 is 2.68 bits per heavy atom. The highest BCUT2D eigenvalue weighted by Gasteiger charge is 2.14. The molecule has 0 spiro atoms. The predicted molar refractivity (Wildman–Crippen MR) is 81.8 cm³/mol. The van der Waals surface area contributed by atoms with Crippen LogP contribution in [0, 0.1) is 0 Å². The number of rotatable bonds is 4. The standard InChI is InChI=1S/C15H22N2OS/c1-19-14-8-6-7-13(11-14)16-12-15(18)17-9-4-2-3-5-10-17/h6-8,11,16H,2-5,9-10,12H2,1H3. The molecule has 19 heavy (non-hydrogen) atoms. The number of likely N-dealkylation sites (tertiary alicyclic amines) is 1. The van der Waals surface area contributed by atoms with Gasteiger partial charge in [0.2, 0.25) is 5.91 Å². The van der Waals surface area contributed by atoms with Crippen molar-refractivity contribution in [3.63, 3.8) is 0 Å². The minimum Gasteiger partial charge on any atom is -0.376 e. The maximum absolute atomic E-state index is 12.1. The van der Waals surface area contributed by atoms with E-state index >= 15 is 0 Å². The van der Waals surface area contributed by atoms with E-state index in [-0.39, 0.29) is 5.91 Å². The number of thioether (sulfide) groups is 1. The molecular formula is C15H22N2OS. The molecule has 0 bridgehead atoms. The summed E-state index contributed by atoms with van der Waals surface area (Å²) in [4.78, 5) is 15.4. The van der Waals surface area contributed by atoms with Gasteiger partial charge in [0.05, 0.1) is 6.54 Å². The Labute approximate surface area is 119 Å². The molecule has 4 heteroatoms. The second-order valence-corrected chi connectivity index (χ2v) is 5.76. The van der Waals surface area contributed by atoms with Gasteiger partial charge in [-0.05, 0) is 37.3 Å². The first-order chi connectivity index (χ1) is 9.29. The van der Waals surface area contributed by atoms with Gasteiger partial charge in [0.15, 0.2) is 0 Å². The molecule has 1 saturated heterocycles. The molecule has 1 aromatic carbocycles. The lowest BCUT2D eigenvalue weighted by Gasteiger charge is -2.20. The number of nitrogens with one attached hydrogen (secondary N) is 1. The molecule has 1 N–H and O–H groups in total. The van der Waals surface area contributed by atoms with Crippen molar-refractivity contribution in [2.75, 3.05) is 31.2 Å². The van der Waals surface area contributed by atoms with Crippen LogP contribution in [0.25, 0.3) is 0 Å². The molecule has 0 aromatic heterocycles. The molecule has 104 valence electrons. The van der Waals surface area contributed by atoms with Crippen LogP contribution in [0.2, 0.25) is 0 Å². The first kappa shape index (κ1) is 14.3. The van der Waals surface area contributed by atoms with Crippen molar-refractivity contribution in [3.8, 4) is 0 Å². The third-order valence-corrected chi connectivity index (χ3v) is 4.20. The SMILES string of the molecule is CSc1cccc(NCC(=O)N2CCCCCC2)c1. The van der Waals surface area contributed by atoms with Crippen molar-refractivity contribution < 1.29 is 4.79 Å². The van der Waals surface area contributed by atoms with Crippen LogP contribution in [0.5, 0.6) is 0 Å². The van der Waals surface area contributed by atoms with E-state index in [9.17, 15) is 4.79 Å². The van der Waals surface area contributed by atoms with Gasteiger partial charge in [-0.2, -0.15) is 0 Å². The van der Waals surface area contributed by atoms with Gasteiger partial charge in [-0.15, -0.1) is 11.8 Å². The normalized spacial score (nSPS) is 15.9. The summed E-state index contributed by atoms with van der Waals surface area (Å²) in [6, 6.07) is 8.19. The quantitative estimate of drug-likeness (QED) is 0.858. The van der Waals surface area contributed by atoms with Crippen LogP contribution in [-0.4, -0.2) is 36.7 Å². The molecule has 0 unspecified atom stereocenters. The Kier molecular flexibility index (Phi) is 5.58. The topological polar surface area (TPSA) is 32.3 Å². The second-order valence-electron chi connectivity index (χ2n) is 4.88. The summed E-state index contributed by atoms with van der Waals surface area (Å²) in [7, 11) is 0. The van der Waals surface area contributed by atoms with Crippen molar-refractivity contribution in [3.05, 3.63) is 24.3 Å². The van der Waals surface area contributed by atoms with Gasteiger partial charge in [0.25, 0.3) is 0 Å². The highest BCUT2D eigenvalue weighted by Crippen LogP contribution is 2.19. The fourth-order valence-corrected chi connectivity index (χ4v) is 2.80. The third-order valence-electron chi connectivity index (χ3n) is 3.47. The van der Waals surface area contributed by atoms with Crippen molar-refractivity contribution in [1.29, 1.82) is 0 Å². The molecule has 1 amide bonds. The fraction of sp³-hybridized carbons (Fsp3) is 0.533. The maximum Gasteiger partial charge on any atom is 0.241 e. The zero-order valence-electron chi connectivity index (χ0n) is 11.5. The minimum absolute atomic E-state index is 0.219. The van der Waals surface area contributed by atoms with E-state index in [1.54, 1.807) is 11.8 Å². The zero-order valence-corrected chi connectivity index (χ0v) is 12.3. The van der Waals surface area contributed by atoms with Crippen LogP contribution >= 0.6 is 11.8 Å². The number of hydrogen-bond donors (Lipinski definition) is 1. The van der Waals surface area contributed by atoms with Gasteiger partial charge >= 0.3 is 0 Å². The molecule has 1 heterocycles. The Morgan fingerprint density at radius 2 is 2.00 bits per heavy atom. The first-order valence-electron chi connectivity index (χ1n) is 6.95. The number of carbonyl (C=O) groups excluding carboxylic acids is 1. The van der Waals surface area contributed by atoms with Gasteiger partial charge in [0, 0.05) is 23.7 Å². The van der Waals surface area contributed by atoms with Crippen LogP contribution in [0.4, 0.5) is 5.69 Å². The van der Waals surface area contributed by atoms with Crippen LogP contribution in [0.1, 0.15) is 25.7 Å². The summed E-state index contributed by atoms with van der Waals surface area (Å²) in [5, 5.41) is 3.23. The van der Waals surface area contributed by atoms with Crippen molar-refractivity contribution >= 4 is 23.4 Å². The van der Waals surface area contributed by atoms with E-state index in [1.165, 1.54) is 17.7 Å². The average molecular weight is 278 g/mol. The fourth-order valence-electron chi connectivity index (χ4n) is 2.34. The third kappa shape index (κ3) is 4.46. The maximum atomic E-state index is 12.1. The molecular weight excluding hydrogens is 256 g/mol. The summed E-state index contributed by atoms with van der Waals surface area (Å²) in [6.07, 6.45) is 6.86. The number of hydrogen-bond acceptors (Lipinski definition) is 3. The molecule has 0 saturated carbocycles. The van der Waals surface area contributed by atoms with E-state index in [0.29, 0.717) is 6.54 Å². The van der Waals surface area contributed by atoms with Crippen molar-refractivity contribution in [2.45, 2.75) is 30.6 Å². The zero-order chi connectivity index (χ0) is 13.5. The Hall–Kier alpha value is -1.16. The molecule has 2 rings (SSSR count). The molecule has 1 fully saturated rings. The van der Waals surface area contributed by atoms with Crippen LogP contribution in [-0.2, 0) is 4.79 Å². The summed E-state index contributed by atoms with van der Waals surface area (Å²) in [6.45, 7) is 2.24. The largest absolute Gasteiger partial charge is 0.376 e. The highest BCUT2D eigenvalue weighted by molar-refractivity contribution is 7.98. The lowest BCUT2D eigenvalue weighted by Crippen LogP contribution is -2.36. The molecule has 0 radical (unpaired) electrons. The van der Waals surface area contributed by atoms with Crippen LogP contribution in [0.3, 0.4) is 0 Å². The molecule has 1 aliphatic rings. The minimum atomic E-state index is 0.219. The molecule has 0 aliphatic carbocycles. The number of amides is 1. The lowest BCUT2D eigenvalue weighted by atomic mass is 10.2. The number of anilines is 1. The smallest absolute Gasteiger partial charge is 0.241 e. The van der Waals surface area contributed by atoms with E-state index < -0.39 is 0 Å². The van der Waals surface area contributed by atoms with E-state index in [4.69, 9.17) is 0 Å². The van der Waals surface area contributed by atoms with E-state index in [1.807, 2.05) is 17.0 Å². The first-order valence-corrected chi connectivity index (χ1v) is 8.18. The second kappa shape index (κ2) is 7.43. The van der Waals surface area contributed by atoms with Gasteiger partial charge in [-0.3, -0.25) is 4.79 Å². The summed E-state index contributed by atoms with van der Waals surface area (Å²) in [5.74, 6) is 0.219. The van der Waals surface area contributed by atoms with Crippen LogP contribution < -0.4 is 5.32 Å². The number of nitrogens with zero attached hydrogens (tertiary/aromatic N) is 1. The Morgan fingerprint density at radius 1 is 1.26 bits per heavy atom. The summed E-state index contributed by atoms with van der Waals surface area (Å²) < 4.78 is 0. The average Bonchev–Trinajstić information content (AvgIpc) is 2.74. The van der Waals surface area contributed by atoms with E-state index in [2.05, 4.69) is 23.7 Å². The monoisotopic (exact) mass is 278 g/mol. The van der Waals surface area contributed by atoms with Gasteiger partial charge in [-0.25, -0.2) is 0 Å². The lowest BCUT2D eigenvalue weighted by molar-refractivity contribution is -0.129. The molecule has 1 aliphatic heterocycles. The van der Waals surface area contributed by atoms with Gasteiger partial charge in [-0.1, -0.05) is 18.9 Å². The predicted octanol–water partition coefficient (Wildman–Crippen LogP) is 3.22. The van der Waals surface area contributed by atoms with Gasteiger partial charge in [0.1, 0.15) is 0 Å². The Balaban J connectivity index is 1.84. The van der Waals surface area contributed by atoms with Crippen molar-refractivity contribution in [2.24, 2.45) is 0 Å².